The molecular weight excluding hydrogens is 374 g/mol. The summed E-state index contributed by atoms with van der Waals surface area (Å²) in [5.41, 5.74) is 1.90. The number of fused-ring (bicyclic) bond motifs is 1. The number of β-amino-alcohol motifs (C(OH)–C–C–N with tert-alkyl or cyclic N) is 1. The lowest BCUT2D eigenvalue weighted by molar-refractivity contribution is -0.116. The molecule has 1 amide bonds. The van der Waals surface area contributed by atoms with Gasteiger partial charge in [-0.15, -0.1) is 24.2 Å². The Morgan fingerprint density at radius 1 is 1.46 bits per heavy atom. The standard InChI is InChI=1S/C17H21N5O2S.ClH/c23-12-7-11(20-9-12)8-21-17(24)15-10-22(5-6-25-15)14-2-4-19-16-13(14)1-3-18-16;/h1-4,10-12,20,23H,5-9H2,(H,18,19)(H,21,24);1H/t11-,12-;/m1./s1. The number of hydrogen-bond donors (Lipinski definition) is 4. The largest absolute Gasteiger partial charge is 0.392 e. The first-order chi connectivity index (χ1) is 12.2. The average molecular weight is 396 g/mol. The lowest BCUT2D eigenvalue weighted by atomic mass is 10.2. The van der Waals surface area contributed by atoms with E-state index >= 15 is 0 Å². The van der Waals surface area contributed by atoms with E-state index in [2.05, 4.69) is 25.5 Å². The highest BCUT2D eigenvalue weighted by Crippen LogP contribution is 2.30. The highest BCUT2D eigenvalue weighted by Gasteiger charge is 2.24. The van der Waals surface area contributed by atoms with Gasteiger partial charge in [0.2, 0.25) is 0 Å². The number of carbonyl (C=O) groups excluding carboxylic acids is 1. The van der Waals surface area contributed by atoms with E-state index in [1.165, 1.54) is 0 Å². The Morgan fingerprint density at radius 3 is 3.15 bits per heavy atom. The van der Waals surface area contributed by atoms with Crippen LogP contribution in [0.3, 0.4) is 0 Å². The predicted molar refractivity (Wildman–Crippen MR) is 107 cm³/mol. The highest BCUT2D eigenvalue weighted by molar-refractivity contribution is 8.04. The Bertz CT molecular complexity index is 811. The Balaban J connectivity index is 0.00000196. The molecule has 2 atom stereocenters. The molecule has 1 fully saturated rings. The zero-order valence-corrected chi connectivity index (χ0v) is 15.8. The van der Waals surface area contributed by atoms with Crippen molar-refractivity contribution in [3.8, 4) is 0 Å². The fourth-order valence-corrected chi connectivity index (χ4v) is 4.18. The Hall–Kier alpha value is -1.74. The number of nitrogens with zero attached hydrogens (tertiary/aromatic N) is 2. The molecule has 0 saturated carbocycles. The van der Waals surface area contributed by atoms with Gasteiger partial charge in [0.15, 0.2) is 0 Å². The van der Waals surface area contributed by atoms with Crippen LogP contribution in [0.1, 0.15) is 6.42 Å². The van der Waals surface area contributed by atoms with Crippen LogP contribution < -0.4 is 15.5 Å². The van der Waals surface area contributed by atoms with Crippen LogP contribution in [-0.2, 0) is 4.79 Å². The number of anilines is 1. The van der Waals surface area contributed by atoms with Crippen LogP contribution in [0.15, 0.2) is 35.6 Å². The molecule has 0 unspecified atom stereocenters. The van der Waals surface area contributed by atoms with Gasteiger partial charge < -0.3 is 25.6 Å². The normalized spacial score (nSPS) is 22.8. The molecule has 2 aliphatic heterocycles. The van der Waals surface area contributed by atoms with Crippen molar-refractivity contribution in [1.29, 1.82) is 0 Å². The van der Waals surface area contributed by atoms with Crippen LogP contribution in [0.5, 0.6) is 0 Å². The third kappa shape index (κ3) is 3.98. The molecular formula is C17H22ClN5O2S. The van der Waals surface area contributed by atoms with E-state index in [1.54, 1.807) is 18.0 Å². The van der Waals surface area contributed by atoms with Crippen LogP contribution in [0.2, 0.25) is 0 Å². The van der Waals surface area contributed by atoms with Gasteiger partial charge in [-0.05, 0) is 18.6 Å². The van der Waals surface area contributed by atoms with E-state index in [4.69, 9.17) is 0 Å². The fourth-order valence-electron chi connectivity index (χ4n) is 3.26. The van der Waals surface area contributed by atoms with Crippen LogP contribution in [0.25, 0.3) is 11.0 Å². The van der Waals surface area contributed by atoms with Crippen molar-refractivity contribution >= 4 is 46.8 Å². The summed E-state index contributed by atoms with van der Waals surface area (Å²) in [6, 6.07) is 4.12. The third-order valence-corrected chi connectivity index (χ3v) is 5.53. The molecule has 0 radical (unpaired) electrons. The number of rotatable bonds is 4. The number of amides is 1. The van der Waals surface area contributed by atoms with Crippen LogP contribution in [0, 0.1) is 0 Å². The van der Waals surface area contributed by atoms with Gasteiger partial charge >= 0.3 is 0 Å². The van der Waals surface area contributed by atoms with Gasteiger partial charge in [-0.3, -0.25) is 4.79 Å². The van der Waals surface area contributed by atoms with E-state index in [1.807, 2.05) is 24.5 Å². The van der Waals surface area contributed by atoms with E-state index in [0.29, 0.717) is 24.4 Å². The number of thioether (sulfide) groups is 1. The second-order valence-corrected chi connectivity index (χ2v) is 7.45. The third-order valence-electron chi connectivity index (χ3n) is 4.54. The minimum Gasteiger partial charge on any atom is -0.392 e. The van der Waals surface area contributed by atoms with E-state index in [9.17, 15) is 9.90 Å². The Labute approximate surface area is 162 Å². The molecule has 2 aliphatic rings. The minimum absolute atomic E-state index is 0. The van der Waals surface area contributed by atoms with Crippen molar-refractivity contribution in [3.05, 3.63) is 35.6 Å². The number of nitrogens with one attached hydrogen (secondary N) is 3. The van der Waals surface area contributed by atoms with Crippen molar-refractivity contribution in [2.24, 2.45) is 0 Å². The van der Waals surface area contributed by atoms with Crippen molar-refractivity contribution < 1.29 is 9.90 Å². The van der Waals surface area contributed by atoms with Gasteiger partial charge in [0.05, 0.1) is 16.7 Å². The topological polar surface area (TPSA) is 93.3 Å². The maximum absolute atomic E-state index is 12.5. The number of aliphatic hydroxyl groups is 1. The Morgan fingerprint density at radius 2 is 2.35 bits per heavy atom. The molecule has 4 heterocycles. The molecule has 26 heavy (non-hydrogen) atoms. The van der Waals surface area contributed by atoms with Crippen molar-refractivity contribution in [2.45, 2.75) is 18.6 Å². The smallest absolute Gasteiger partial charge is 0.259 e. The predicted octanol–water partition coefficient (Wildman–Crippen LogP) is 1.22. The van der Waals surface area contributed by atoms with E-state index < -0.39 is 0 Å². The molecule has 140 valence electrons. The average Bonchev–Trinajstić information content (AvgIpc) is 3.28. The number of halogens is 1. The van der Waals surface area contributed by atoms with Crippen molar-refractivity contribution in [1.82, 2.24) is 20.6 Å². The quantitative estimate of drug-likeness (QED) is 0.622. The summed E-state index contributed by atoms with van der Waals surface area (Å²) in [5, 5.41) is 16.8. The zero-order chi connectivity index (χ0) is 17.2. The number of carbonyl (C=O) groups is 1. The maximum Gasteiger partial charge on any atom is 0.259 e. The number of aromatic amines is 1. The number of hydrogen-bond acceptors (Lipinski definition) is 6. The molecule has 2 aromatic rings. The van der Waals surface area contributed by atoms with Crippen LogP contribution in [0.4, 0.5) is 5.69 Å². The van der Waals surface area contributed by atoms with Crippen molar-refractivity contribution in [2.75, 3.05) is 30.3 Å². The fraction of sp³-hybridized carbons (Fsp3) is 0.412. The first-order valence-corrected chi connectivity index (χ1v) is 9.42. The summed E-state index contributed by atoms with van der Waals surface area (Å²) in [6.45, 7) is 1.98. The summed E-state index contributed by atoms with van der Waals surface area (Å²) in [7, 11) is 0. The van der Waals surface area contributed by atoms with Gasteiger partial charge in [-0.1, -0.05) is 0 Å². The summed E-state index contributed by atoms with van der Waals surface area (Å²) < 4.78 is 0. The molecule has 4 rings (SSSR count). The van der Waals surface area contributed by atoms with Gasteiger partial charge in [0.25, 0.3) is 5.91 Å². The lowest BCUT2D eigenvalue weighted by Gasteiger charge is -2.26. The number of aliphatic hydroxyl groups excluding tert-OH is 1. The summed E-state index contributed by atoms with van der Waals surface area (Å²) >= 11 is 1.57. The van der Waals surface area contributed by atoms with Crippen molar-refractivity contribution in [3.63, 3.8) is 0 Å². The molecule has 1 saturated heterocycles. The second-order valence-electron chi connectivity index (χ2n) is 6.31. The molecule has 7 nitrogen and oxygen atoms in total. The first kappa shape index (κ1) is 19.0. The Kier molecular flexibility index (Phi) is 6.08. The molecule has 9 heteroatoms. The van der Waals surface area contributed by atoms with Gasteiger partial charge in [0, 0.05) is 55.4 Å². The zero-order valence-electron chi connectivity index (χ0n) is 14.1. The van der Waals surface area contributed by atoms with E-state index in [-0.39, 0.29) is 30.5 Å². The summed E-state index contributed by atoms with van der Waals surface area (Å²) in [4.78, 5) is 22.7. The minimum atomic E-state index is -0.309. The summed E-state index contributed by atoms with van der Waals surface area (Å²) in [6.07, 6.45) is 5.94. The lowest BCUT2D eigenvalue weighted by Crippen LogP contribution is -2.38. The van der Waals surface area contributed by atoms with E-state index in [0.717, 1.165) is 29.0 Å². The SMILES string of the molecule is Cl.O=C(NC[C@H]1C[C@@H](O)CN1)C1=CN(c2ccnc3[nH]ccc23)CCS1. The molecule has 0 spiro atoms. The van der Waals surface area contributed by atoms with Gasteiger partial charge in [-0.25, -0.2) is 4.98 Å². The van der Waals surface area contributed by atoms with Gasteiger partial charge in [0.1, 0.15) is 5.65 Å². The van der Waals surface area contributed by atoms with Gasteiger partial charge in [-0.2, -0.15) is 0 Å². The molecule has 4 N–H and O–H groups in total. The maximum atomic E-state index is 12.5. The molecule has 0 aliphatic carbocycles. The number of H-pyrrole nitrogens is 1. The molecule has 0 bridgehead atoms. The second kappa shape index (κ2) is 8.30. The summed E-state index contributed by atoms with van der Waals surface area (Å²) in [5.74, 6) is 0.797. The number of aromatic nitrogens is 2. The van der Waals surface area contributed by atoms with Crippen LogP contribution in [-0.4, -0.2) is 58.5 Å². The molecule has 0 aromatic carbocycles. The molecule has 2 aromatic heterocycles. The highest BCUT2D eigenvalue weighted by atomic mass is 35.5. The first-order valence-electron chi connectivity index (χ1n) is 8.44. The monoisotopic (exact) mass is 395 g/mol. The number of pyridine rings is 1. The van der Waals surface area contributed by atoms with Crippen LogP contribution >= 0.6 is 24.2 Å².